The Morgan fingerprint density at radius 1 is 1.18 bits per heavy atom. The van der Waals surface area contributed by atoms with Crippen LogP contribution in [0.1, 0.15) is 29.1 Å². The highest BCUT2D eigenvalue weighted by molar-refractivity contribution is 7.09. The third kappa shape index (κ3) is 4.74. The van der Waals surface area contributed by atoms with Crippen LogP contribution in [0.25, 0.3) is 11.4 Å². The molecule has 0 saturated heterocycles. The lowest BCUT2D eigenvalue weighted by atomic mass is 10.1. The summed E-state index contributed by atoms with van der Waals surface area (Å²) in [7, 11) is 0. The molecule has 2 heterocycles. The van der Waals surface area contributed by atoms with Gasteiger partial charge in [0.1, 0.15) is 10.6 Å². The number of halogens is 1. The zero-order chi connectivity index (χ0) is 20.1. The minimum absolute atomic E-state index is 0.193. The van der Waals surface area contributed by atoms with Crippen molar-refractivity contribution in [3.8, 4) is 11.4 Å². The van der Waals surface area contributed by atoms with Crippen LogP contribution in [0.4, 0.5) is 5.69 Å². The lowest BCUT2D eigenvalue weighted by Gasteiger charge is -2.11. The molecule has 0 fully saturated rings. The van der Waals surface area contributed by atoms with Crippen molar-refractivity contribution in [2.24, 2.45) is 5.92 Å². The minimum Gasteiger partial charge on any atom is -0.347 e. The number of hydrogen-bond donors (Lipinski definition) is 2. The van der Waals surface area contributed by atoms with E-state index >= 15 is 0 Å². The Labute approximate surface area is 172 Å². The maximum Gasteiger partial charge on any atom is 0.265 e. The summed E-state index contributed by atoms with van der Waals surface area (Å²) in [5.74, 6) is -0.751. The van der Waals surface area contributed by atoms with Crippen LogP contribution in [0, 0.1) is 5.92 Å². The molecular weight excluding hydrogens is 396 g/mol. The highest BCUT2D eigenvalue weighted by atomic mass is 35.5. The Morgan fingerprint density at radius 2 is 2.00 bits per heavy atom. The number of carbonyl (C=O) groups excluding carboxylic acids is 2. The van der Waals surface area contributed by atoms with Crippen LogP contribution in [0.15, 0.2) is 48.7 Å². The number of nitrogens with one attached hydrogen (secondary N) is 2. The second kappa shape index (κ2) is 8.95. The summed E-state index contributed by atoms with van der Waals surface area (Å²) in [6.07, 6.45) is 1.64. The van der Waals surface area contributed by atoms with E-state index in [0.717, 1.165) is 17.1 Å². The van der Waals surface area contributed by atoms with Gasteiger partial charge in [-0.2, -0.15) is 4.37 Å². The molecule has 2 aromatic heterocycles. The molecule has 2 N–H and O–H groups in total. The predicted molar refractivity (Wildman–Crippen MR) is 111 cm³/mol. The van der Waals surface area contributed by atoms with Crippen LogP contribution in [-0.2, 0) is 11.3 Å². The van der Waals surface area contributed by atoms with Gasteiger partial charge in [-0.1, -0.05) is 43.6 Å². The summed E-state index contributed by atoms with van der Waals surface area (Å²) < 4.78 is 4.37. The van der Waals surface area contributed by atoms with Crippen molar-refractivity contribution in [1.29, 1.82) is 0 Å². The fraction of sp³-hybridized carbons (Fsp3) is 0.200. The van der Waals surface area contributed by atoms with E-state index in [1.807, 2.05) is 18.2 Å². The van der Waals surface area contributed by atoms with E-state index in [0.29, 0.717) is 33.5 Å². The largest absolute Gasteiger partial charge is 0.347 e. The predicted octanol–water partition coefficient (Wildman–Crippen LogP) is 4.38. The number of rotatable bonds is 6. The molecule has 0 aliphatic carbocycles. The van der Waals surface area contributed by atoms with Crippen molar-refractivity contribution in [1.82, 2.24) is 14.7 Å². The number of hydrogen-bond acceptors (Lipinski definition) is 5. The highest BCUT2D eigenvalue weighted by Crippen LogP contribution is 2.32. The SMILES string of the molecule is CC(C)C(=O)Nc1c(-c2ccccn2)nsc1C(=O)NCc1cccc(Cl)c1. The summed E-state index contributed by atoms with van der Waals surface area (Å²) in [5.41, 5.74) is 2.33. The van der Waals surface area contributed by atoms with E-state index in [1.54, 1.807) is 44.3 Å². The van der Waals surface area contributed by atoms with Gasteiger partial charge in [0.05, 0.1) is 11.4 Å². The molecule has 0 aliphatic heterocycles. The highest BCUT2D eigenvalue weighted by Gasteiger charge is 2.24. The van der Waals surface area contributed by atoms with E-state index in [4.69, 9.17) is 11.6 Å². The van der Waals surface area contributed by atoms with Crippen molar-refractivity contribution in [3.63, 3.8) is 0 Å². The number of amides is 2. The summed E-state index contributed by atoms with van der Waals surface area (Å²) in [6.45, 7) is 3.89. The third-order valence-corrected chi connectivity index (χ3v) is 5.00. The maximum absolute atomic E-state index is 12.8. The van der Waals surface area contributed by atoms with Crippen LogP contribution < -0.4 is 10.6 Å². The molecule has 1 aromatic carbocycles. The molecule has 3 rings (SSSR count). The molecule has 0 bridgehead atoms. The van der Waals surface area contributed by atoms with Gasteiger partial charge in [-0.3, -0.25) is 14.6 Å². The fourth-order valence-corrected chi connectivity index (χ4v) is 3.39. The Kier molecular flexibility index (Phi) is 6.38. The Hall–Kier alpha value is -2.77. The monoisotopic (exact) mass is 414 g/mol. The van der Waals surface area contributed by atoms with Gasteiger partial charge in [-0.15, -0.1) is 0 Å². The molecule has 0 saturated carbocycles. The van der Waals surface area contributed by atoms with E-state index in [2.05, 4.69) is 20.0 Å². The molecule has 2 amide bonds. The second-order valence-electron chi connectivity index (χ2n) is 6.41. The Balaban J connectivity index is 1.87. The molecule has 8 heteroatoms. The summed E-state index contributed by atoms with van der Waals surface area (Å²) >= 11 is 7.01. The average Bonchev–Trinajstić information content (AvgIpc) is 3.10. The van der Waals surface area contributed by atoms with Gasteiger partial charge in [0, 0.05) is 23.7 Å². The minimum atomic E-state index is -0.321. The summed E-state index contributed by atoms with van der Waals surface area (Å²) in [4.78, 5) is 29.7. The first-order chi connectivity index (χ1) is 13.5. The van der Waals surface area contributed by atoms with Crippen LogP contribution >= 0.6 is 23.1 Å². The van der Waals surface area contributed by atoms with E-state index in [1.165, 1.54) is 0 Å². The number of pyridine rings is 1. The van der Waals surface area contributed by atoms with Gasteiger partial charge in [0.15, 0.2) is 0 Å². The van der Waals surface area contributed by atoms with E-state index < -0.39 is 0 Å². The van der Waals surface area contributed by atoms with Crippen molar-refractivity contribution in [2.45, 2.75) is 20.4 Å². The van der Waals surface area contributed by atoms with Crippen molar-refractivity contribution >= 4 is 40.6 Å². The van der Waals surface area contributed by atoms with Crippen molar-refractivity contribution in [2.75, 3.05) is 5.32 Å². The van der Waals surface area contributed by atoms with Crippen molar-refractivity contribution < 1.29 is 9.59 Å². The van der Waals surface area contributed by atoms with Crippen LogP contribution in [0.2, 0.25) is 5.02 Å². The van der Waals surface area contributed by atoms with Crippen LogP contribution in [0.5, 0.6) is 0 Å². The molecular formula is C20H19ClN4O2S. The molecule has 0 aliphatic rings. The third-order valence-electron chi connectivity index (χ3n) is 3.92. The van der Waals surface area contributed by atoms with Crippen molar-refractivity contribution in [3.05, 3.63) is 64.1 Å². The van der Waals surface area contributed by atoms with Gasteiger partial charge in [0.25, 0.3) is 5.91 Å². The van der Waals surface area contributed by atoms with E-state index in [-0.39, 0.29) is 17.7 Å². The Morgan fingerprint density at radius 3 is 2.68 bits per heavy atom. The molecule has 6 nitrogen and oxygen atoms in total. The summed E-state index contributed by atoms with van der Waals surface area (Å²) in [5, 5.41) is 6.29. The molecule has 0 atom stereocenters. The first kappa shape index (κ1) is 20.0. The van der Waals surface area contributed by atoms with Gasteiger partial charge in [0.2, 0.25) is 5.91 Å². The number of aromatic nitrogens is 2. The standard InChI is InChI=1S/C20H19ClN4O2S/c1-12(2)19(26)24-17-16(15-8-3-4-9-22-15)25-28-18(17)20(27)23-11-13-6-5-7-14(21)10-13/h3-10,12H,11H2,1-2H3,(H,23,27)(H,24,26). The zero-order valence-corrected chi connectivity index (χ0v) is 17.0. The number of nitrogens with zero attached hydrogens (tertiary/aromatic N) is 2. The number of benzene rings is 1. The smallest absolute Gasteiger partial charge is 0.265 e. The zero-order valence-electron chi connectivity index (χ0n) is 15.4. The molecule has 144 valence electrons. The second-order valence-corrected chi connectivity index (χ2v) is 7.62. The normalized spacial score (nSPS) is 10.7. The molecule has 0 spiro atoms. The fourth-order valence-electron chi connectivity index (χ4n) is 2.42. The molecule has 0 radical (unpaired) electrons. The molecule has 3 aromatic rings. The lowest BCUT2D eigenvalue weighted by molar-refractivity contribution is -0.118. The average molecular weight is 415 g/mol. The molecule has 0 unspecified atom stereocenters. The first-order valence-corrected chi connectivity index (χ1v) is 9.85. The van der Waals surface area contributed by atoms with Crippen LogP contribution in [-0.4, -0.2) is 21.2 Å². The van der Waals surface area contributed by atoms with Gasteiger partial charge in [-0.25, -0.2) is 0 Å². The topological polar surface area (TPSA) is 84.0 Å². The van der Waals surface area contributed by atoms with Crippen LogP contribution in [0.3, 0.4) is 0 Å². The molecule has 28 heavy (non-hydrogen) atoms. The first-order valence-electron chi connectivity index (χ1n) is 8.70. The lowest BCUT2D eigenvalue weighted by Crippen LogP contribution is -2.25. The van der Waals surface area contributed by atoms with Gasteiger partial charge < -0.3 is 10.6 Å². The van der Waals surface area contributed by atoms with E-state index in [9.17, 15) is 9.59 Å². The number of anilines is 1. The Bertz CT molecular complexity index is 989. The maximum atomic E-state index is 12.8. The quantitative estimate of drug-likeness (QED) is 0.626. The van der Waals surface area contributed by atoms with Gasteiger partial charge in [-0.05, 0) is 41.4 Å². The number of carbonyl (C=O) groups is 2. The summed E-state index contributed by atoms with van der Waals surface area (Å²) in [6, 6.07) is 12.7. The van der Waals surface area contributed by atoms with Gasteiger partial charge >= 0.3 is 0 Å².